The SMILES string of the molecule is O=C(Nc1ccccc1)C1CC(C(=O)O)(C(=O)O)Cc2cc(Cl)ccc21. The Hall–Kier alpha value is -2.86. The number of hydrogen-bond donors (Lipinski definition) is 3. The molecule has 3 rings (SSSR count). The Morgan fingerprint density at radius 2 is 1.69 bits per heavy atom. The van der Waals surface area contributed by atoms with E-state index in [1.165, 1.54) is 6.07 Å². The zero-order chi connectivity index (χ0) is 18.9. The molecule has 0 saturated heterocycles. The normalized spacial score (nSPS) is 17.8. The van der Waals surface area contributed by atoms with Crippen LogP contribution in [-0.4, -0.2) is 28.1 Å². The molecule has 3 N–H and O–H groups in total. The largest absolute Gasteiger partial charge is 0.480 e. The number of benzene rings is 2. The average molecular weight is 374 g/mol. The third kappa shape index (κ3) is 3.15. The Balaban J connectivity index is 2.04. The summed E-state index contributed by atoms with van der Waals surface area (Å²) in [5.74, 6) is -4.30. The van der Waals surface area contributed by atoms with E-state index in [1.54, 1.807) is 42.5 Å². The van der Waals surface area contributed by atoms with Crippen LogP contribution in [0.25, 0.3) is 0 Å². The molecule has 0 aliphatic heterocycles. The smallest absolute Gasteiger partial charge is 0.321 e. The van der Waals surface area contributed by atoms with Gasteiger partial charge >= 0.3 is 11.9 Å². The Labute approximate surface area is 154 Å². The molecule has 1 aliphatic rings. The first-order chi connectivity index (χ1) is 12.3. The van der Waals surface area contributed by atoms with Gasteiger partial charge in [-0.2, -0.15) is 0 Å². The summed E-state index contributed by atoms with van der Waals surface area (Å²) in [4.78, 5) is 36.4. The van der Waals surface area contributed by atoms with Gasteiger partial charge in [-0.1, -0.05) is 35.9 Å². The van der Waals surface area contributed by atoms with Gasteiger partial charge in [0.25, 0.3) is 0 Å². The maximum Gasteiger partial charge on any atom is 0.321 e. The molecule has 0 bridgehead atoms. The second-order valence-electron chi connectivity index (χ2n) is 6.32. The molecule has 6 nitrogen and oxygen atoms in total. The first kappa shape index (κ1) is 17.9. The molecule has 0 heterocycles. The number of nitrogens with one attached hydrogen (secondary N) is 1. The molecule has 1 atom stereocenters. The van der Waals surface area contributed by atoms with E-state index >= 15 is 0 Å². The number of carbonyl (C=O) groups is 3. The minimum Gasteiger partial charge on any atom is -0.480 e. The maximum absolute atomic E-state index is 12.8. The molecular weight excluding hydrogens is 358 g/mol. The predicted molar refractivity (Wildman–Crippen MR) is 95.3 cm³/mol. The molecule has 26 heavy (non-hydrogen) atoms. The molecule has 0 spiro atoms. The summed E-state index contributed by atoms with van der Waals surface area (Å²) in [5, 5.41) is 22.3. The maximum atomic E-state index is 12.8. The number of carboxylic acids is 2. The van der Waals surface area contributed by atoms with E-state index in [2.05, 4.69) is 5.32 Å². The van der Waals surface area contributed by atoms with Crippen LogP contribution in [0.4, 0.5) is 5.69 Å². The van der Waals surface area contributed by atoms with Crippen molar-refractivity contribution in [3.63, 3.8) is 0 Å². The Morgan fingerprint density at radius 1 is 1.04 bits per heavy atom. The van der Waals surface area contributed by atoms with Gasteiger partial charge in [-0.3, -0.25) is 14.4 Å². The predicted octanol–water partition coefficient (Wildman–Crippen LogP) is 3.16. The molecule has 0 saturated carbocycles. The summed E-state index contributed by atoms with van der Waals surface area (Å²) in [6, 6.07) is 13.5. The van der Waals surface area contributed by atoms with Crippen molar-refractivity contribution in [3.8, 4) is 0 Å². The third-order valence-electron chi connectivity index (χ3n) is 4.70. The lowest BCUT2D eigenvalue weighted by Gasteiger charge is -2.35. The van der Waals surface area contributed by atoms with Crippen molar-refractivity contribution in [2.24, 2.45) is 5.41 Å². The first-order valence-corrected chi connectivity index (χ1v) is 8.32. The number of hydrogen-bond acceptors (Lipinski definition) is 3. The summed E-state index contributed by atoms with van der Waals surface area (Å²) >= 11 is 5.99. The van der Waals surface area contributed by atoms with Crippen molar-refractivity contribution in [1.82, 2.24) is 0 Å². The average Bonchev–Trinajstić information content (AvgIpc) is 2.60. The highest BCUT2D eigenvalue weighted by atomic mass is 35.5. The van der Waals surface area contributed by atoms with Crippen LogP contribution in [0.2, 0.25) is 5.02 Å². The molecule has 1 unspecified atom stereocenters. The fourth-order valence-corrected chi connectivity index (χ4v) is 3.52. The molecule has 0 aromatic heterocycles. The minimum absolute atomic E-state index is 0.220. The third-order valence-corrected chi connectivity index (χ3v) is 4.94. The highest BCUT2D eigenvalue weighted by Crippen LogP contribution is 2.44. The summed E-state index contributed by atoms with van der Waals surface area (Å²) in [6.45, 7) is 0. The van der Waals surface area contributed by atoms with Gasteiger partial charge in [0, 0.05) is 10.7 Å². The number of halogens is 1. The highest BCUT2D eigenvalue weighted by molar-refractivity contribution is 6.30. The van der Waals surface area contributed by atoms with Crippen LogP contribution in [0.5, 0.6) is 0 Å². The number of aliphatic carboxylic acids is 2. The van der Waals surface area contributed by atoms with Gasteiger partial charge in [0.15, 0.2) is 5.41 Å². The lowest BCUT2D eigenvalue weighted by atomic mass is 9.66. The van der Waals surface area contributed by atoms with Crippen LogP contribution in [0, 0.1) is 5.41 Å². The molecule has 1 amide bonds. The number of fused-ring (bicyclic) bond motifs is 1. The Morgan fingerprint density at radius 3 is 2.31 bits per heavy atom. The lowest BCUT2D eigenvalue weighted by Crippen LogP contribution is -2.47. The molecule has 2 aromatic carbocycles. The van der Waals surface area contributed by atoms with Crippen molar-refractivity contribution in [1.29, 1.82) is 0 Å². The van der Waals surface area contributed by atoms with Crippen molar-refractivity contribution in [2.45, 2.75) is 18.8 Å². The molecule has 0 fully saturated rings. The fourth-order valence-electron chi connectivity index (χ4n) is 3.33. The van der Waals surface area contributed by atoms with Crippen molar-refractivity contribution >= 4 is 35.1 Å². The summed E-state index contributed by atoms with van der Waals surface area (Å²) in [6.07, 6.45) is -0.548. The summed E-state index contributed by atoms with van der Waals surface area (Å²) in [5.41, 5.74) is -0.464. The quantitative estimate of drug-likeness (QED) is 0.714. The number of amides is 1. The number of rotatable bonds is 4. The van der Waals surface area contributed by atoms with Gasteiger partial charge in [0.2, 0.25) is 5.91 Å². The van der Waals surface area contributed by atoms with E-state index in [1.807, 2.05) is 0 Å². The van der Waals surface area contributed by atoms with E-state index in [9.17, 15) is 24.6 Å². The van der Waals surface area contributed by atoms with E-state index in [0.29, 0.717) is 21.8 Å². The molecule has 2 aromatic rings. The standard InChI is InChI=1S/C19H16ClNO5/c20-12-6-7-14-11(8-12)9-19(17(23)24,18(25)26)10-15(14)16(22)21-13-4-2-1-3-5-13/h1-8,15H,9-10H2,(H,21,22)(H,23,24)(H,25,26). The number of carbonyl (C=O) groups excluding carboxylic acids is 1. The van der Waals surface area contributed by atoms with Crippen LogP contribution in [0.15, 0.2) is 48.5 Å². The number of carboxylic acid groups (broad SMARTS) is 2. The van der Waals surface area contributed by atoms with Crippen molar-refractivity contribution < 1.29 is 24.6 Å². The highest BCUT2D eigenvalue weighted by Gasteiger charge is 2.53. The van der Waals surface area contributed by atoms with Crippen molar-refractivity contribution in [2.75, 3.05) is 5.32 Å². The molecular formula is C19H16ClNO5. The van der Waals surface area contributed by atoms with Gasteiger partial charge in [-0.25, -0.2) is 0 Å². The van der Waals surface area contributed by atoms with E-state index in [4.69, 9.17) is 11.6 Å². The zero-order valence-electron chi connectivity index (χ0n) is 13.6. The van der Waals surface area contributed by atoms with Crippen LogP contribution < -0.4 is 5.32 Å². The number of anilines is 1. The van der Waals surface area contributed by atoms with Crippen LogP contribution in [0.3, 0.4) is 0 Å². The number of para-hydroxylation sites is 1. The minimum atomic E-state index is -2.07. The fraction of sp³-hybridized carbons (Fsp3) is 0.211. The van der Waals surface area contributed by atoms with Crippen LogP contribution in [-0.2, 0) is 20.8 Å². The zero-order valence-corrected chi connectivity index (χ0v) is 14.4. The topological polar surface area (TPSA) is 104 Å². The van der Waals surface area contributed by atoms with Gasteiger partial charge in [-0.05, 0) is 48.2 Å². The van der Waals surface area contributed by atoms with Crippen molar-refractivity contribution in [3.05, 3.63) is 64.7 Å². The Bertz CT molecular complexity index is 867. The molecule has 1 aliphatic carbocycles. The summed E-state index contributed by atoms with van der Waals surface area (Å²) < 4.78 is 0. The summed E-state index contributed by atoms with van der Waals surface area (Å²) in [7, 11) is 0. The van der Waals surface area contributed by atoms with E-state index in [0.717, 1.165) is 0 Å². The van der Waals surface area contributed by atoms with Gasteiger partial charge in [0.1, 0.15) is 0 Å². The monoisotopic (exact) mass is 373 g/mol. The Kier molecular flexibility index (Phi) is 4.70. The molecule has 0 radical (unpaired) electrons. The first-order valence-electron chi connectivity index (χ1n) is 7.94. The van der Waals surface area contributed by atoms with Crippen LogP contribution in [0.1, 0.15) is 23.5 Å². The lowest BCUT2D eigenvalue weighted by molar-refractivity contribution is -0.166. The van der Waals surface area contributed by atoms with Gasteiger partial charge < -0.3 is 15.5 Å². The van der Waals surface area contributed by atoms with Crippen LogP contribution >= 0.6 is 11.6 Å². The second-order valence-corrected chi connectivity index (χ2v) is 6.76. The molecule has 7 heteroatoms. The molecule has 134 valence electrons. The van der Waals surface area contributed by atoms with E-state index in [-0.39, 0.29) is 12.8 Å². The van der Waals surface area contributed by atoms with Gasteiger partial charge in [0.05, 0.1) is 5.92 Å². The second kappa shape index (κ2) is 6.80. The van der Waals surface area contributed by atoms with E-state index < -0.39 is 29.2 Å². The van der Waals surface area contributed by atoms with Gasteiger partial charge in [-0.15, -0.1) is 0 Å².